The van der Waals surface area contributed by atoms with Crippen molar-refractivity contribution in [2.24, 2.45) is 0 Å². The highest BCUT2D eigenvalue weighted by molar-refractivity contribution is 5.26. The zero-order valence-corrected chi connectivity index (χ0v) is 12.5. The molecule has 0 aliphatic heterocycles. The van der Waals surface area contributed by atoms with E-state index >= 15 is 0 Å². The summed E-state index contributed by atoms with van der Waals surface area (Å²) in [7, 11) is 1.73. The highest BCUT2D eigenvalue weighted by Gasteiger charge is 2.05. The zero-order chi connectivity index (χ0) is 14.4. The van der Waals surface area contributed by atoms with Crippen molar-refractivity contribution < 1.29 is 4.74 Å². The summed E-state index contributed by atoms with van der Waals surface area (Å²) in [5.41, 5.74) is 5.14. The molecule has 1 atom stereocenters. The summed E-state index contributed by atoms with van der Waals surface area (Å²) in [4.78, 5) is 0. The number of hydrogen-bond donors (Lipinski definition) is 1. The lowest BCUT2D eigenvalue weighted by Gasteiger charge is -2.15. The molecular formula is C18H23NO. The molecule has 0 heterocycles. The van der Waals surface area contributed by atoms with Crippen LogP contribution in [0.4, 0.5) is 0 Å². The third-order valence-corrected chi connectivity index (χ3v) is 3.46. The maximum Gasteiger partial charge on any atom is 0.0713 e. The van der Waals surface area contributed by atoms with Gasteiger partial charge in [0, 0.05) is 19.7 Å². The predicted octanol–water partition coefficient (Wildman–Crippen LogP) is 3.99. The van der Waals surface area contributed by atoms with Gasteiger partial charge < -0.3 is 10.1 Å². The first kappa shape index (κ1) is 14.8. The molecule has 2 rings (SSSR count). The van der Waals surface area contributed by atoms with Crippen LogP contribution in [0, 0.1) is 6.92 Å². The van der Waals surface area contributed by atoms with E-state index in [4.69, 9.17) is 4.74 Å². The van der Waals surface area contributed by atoms with E-state index < -0.39 is 0 Å². The van der Waals surface area contributed by atoms with Gasteiger partial charge >= 0.3 is 0 Å². The number of aryl methyl sites for hydroxylation is 1. The van der Waals surface area contributed by atoms with Crippen molar-refractivity contribution >= 4 is 0 Å². The van der Waals surface area contributed by atoms with E-state index in [0.29, 0.717) is 12.6 Å². The summed E-state index contributed by atoms with van der Waals surface area (Å²) < 4.78 is 5.17. The van der Waals surface area contributed by atoms with Crippen LogP contribution in [-0.2, 0) is 17.9 Å². The first-order valence-electron chi connectivity index (χ1n) is 7.06. The van der Waals surface area contributed by atoms with E-state index in [1.807, 2.05) is 0 Å². The van der Waals surface area contributed by atoms with E-state index in [2.05, 4.69) is 67.7 Å². The Kier molecular flexibility index (Phi) is 5.33. The molecule has 0 aliphatic carbocycles. The van der Waals surface area contributed by atoms with Crippen LogP contribution in [0.2, 0.25) is 0 Å². The molecule has 0 spiro atoms. The third-order valence-electron chi connectivity index (χ3n) is 3.46. The third kappa shape index (κ3) is 4.19. The maximum absolute atomic E-state index is 5.17. The van der Waals surface area contributed by atoms with E-state index in [1.54, 1.807) is 7.11 Å². The van der Waals surface area contributed by atoms with E-state index in [-0.39, 0.29) is 0 Å². The van der Waals surface area contributed by atoms with Crippen molar-refractivity contribution in [3.63, 3.8) is 0 Å². The van der Waals surface area contributed by atoms with Gasteiger partial charge in [-0.2, -0.15) is 0 Å². The fourth-order valence-electron chi connectivity index (χ4n) is 2.32. The van der Waals surface area contributed by atoms with Crippen molar-refractivity contribution in [1.29, 1.82) is 0 Å². The maximum atomic E-state index is 5.17. The van der Waals surface area contributed by atoms with Gasteiger partial charge in [-0.3, -0.25) is 0 Å². The van der Waals surface area contributed by atoms with Crippen molar-refractivity contribution in [2.75, 3.05) is 7.11 Å². The standard InChI is InChI=1S/C18H23NO/c1-14-6-4-9-18(10-14)15(2)19-12-16-7-5-8-17(11-16)13-20-3/h4-11,15,19H,12-13H2,1-3H3/t15-/m1/s1. The van der Waals surface area contributed by atoms with Crippen LogP contribution in [-0.4, -0.2) is 7.11 Å². The SMILES string of the molecule is COCc1cccc(CN[C@H](C)c2cccc(C)c2)c1. The molecule has 0 saturated heterocycles. The van der Waals surface area contributed by atoms with Gasteiger partial charge in [0.2, 0.25) is 0 Å². The fourth-order valence-corrected chi connectivity index (χ4v) is 2.32. The Balaban J connectivity index is 1.96. The van der Waals surface area contributed by atoms with E-state index in [9.17, 15) is 0 Å². The lowest BCUT2D eigenvalue weighted by Crippen LogP contribution is -2.18. The van der Waals surface area contributed by atoms with Gasteiger partial charge in [-0.05, 0) is 30.5 Å². The van der Waals surface area contributed by atoms with E-state index in [0.717, 1.165) is 6.54 Å². The monoisotopic (exact) mass is 269 g/mol. The number of ether oxygens (including phenoxy) is 1. The highest BCUT2D eigenvalue weighted by Crippen LogP contribution is 2.15. The Hall–Kier alpha value is -1.64. The summed E-state index contributed by atoms with van der Waals surface area (Å²) in [6, 6.07) is 17.5. The van der Waals surface area contributed by atoms with Crippen LogP contribution in [0.3, 0.4) is 0 Å². The minimum Gasteiger partial charge on any atom is -0.380 e. The molecule has 2 heteroatoms. The molecule has 0 saturated carbocycles. The molecule has 0 aromatic heterocycles. The second-order valence-corrected chi connectivity index (χ2v) is 5.27. The summed E-state index contributed by atoms with van der Waals surface area (Å²) in [6.07, 6.45) is 0. The zero-order valence-electron chi connectivity index (χ0n) is 12.5. The van der Waals surface area contributed by atoms with Crippen LogP contribution < -0.4 is 5.32 Å². The summed E-state index contributed by atoms with van der Waals surface area (Å²) in [5.74, 6) is 0. The number of benzene rings is 2. The van der Waals surface area contributed by atoms with Crippen LogP contribution in [0.1, 0.15) is 35.2 Å². The second-order valence-electron chi connectivity index (χ2n) is 5.27. The molecule has 0 amide bonds. The fraction of sp³-hybridized carbons (Fsp3) is 0.333. The molecule has 0 fully saturated rings. The first-order valence-corrected chi connectivity index (χ1v) is 7.06. The number of hydrogen-bond acceptors (Lipinski definition) is 2. The molecule has 0 aliphatic rings. The molecule has 106 valence electrons. The summed E-state index contributed by atoms with van der Waals surface area (Å²) >= 11 is 0. The Morgan fingerprint density at radius 2 is 1.80 bits per heavy atom. The minimum atomic E-state index is 0.348. The van der Waals surface area contributed by atoms with Gasteiger partial charge in [-0.25, -0.2) is 0 Å². The van der Waals surface area contributed by atoms with Crippen molar-refractivity contribution in [3.05, 3.63) is 70.8 Å². The molecule has 0 unspecified atom stereocenters. The minimum absolute atomic E-state index is 0.348. The first-order chi connectivity index (χ1) is 9.69. The van der Waals surface area contributed by atoms with Crippen LogP contribution in [0.25, 0.3) is 0 Å². The Morgan fingerprint density at radius 1 is 1.05 bits per heavy atom. The molecule has 1 N–H and O–H groups in total. The molecular weight excluding hydrogens is 246 g/mol. The van der Waals surface area contributed by atoms with Gasteiger partial charge in [0.1, 0.15) is 0 Å². The van der Waals surface area contributed by atoms with Crippen molar-refractivity contribution in [2.45, 2.75) is 33.0 Å². The average Bonchev–Trinajstić information content (AvgIpc) is 2.45. The Bertz CT molecular complexity index is 551. The second kappa shape index (κ2) is 7.22. The van der Waals surface area contributed by atoms with Crippen molar-refractivity contribution in [3.8, 4) is 0 Å². The van der Waals surface area contributed by atoms with Crippen LogP contribution in [0.15, 0.2) is 48.5 Å². The van der Waals surface area contributed by atoms with Gasteiger partial charge in [0.15, 0.2) is 0 Å². The van der Waals surface area contributed by atoms with Gasteiger partial charge in [-0.15, -0.1) is 0 Å². The van der Waals surface area contributed by atoms with Crippen LogP contribution >= 0.6 is 0 Å². The topological polar surface area (TPSA) is 21.3 Å². The van der Waals surface area contributed by atoms with Gasteiger partial charge in [0.25, 0.3) is 0 Å². The van der Waals surface area contributed by atoms with Gasteiger partial charge in [0.05, 0.1) is 6.61 Å². The number of rotatable bonds is 6. The molecule has 2 aromatic carbocycles. The highest BCUT2D eigenvalue weighted by atomic mass is 16.5. The largest absolute Gasteiger partial charge is 0.380 e. The lowest BCUT2D eigenvalue weighted by atomic mass is 10.1. The molecule has 2 nitrogen and oxygen atoms in total. The molecule has 0 bridgehead atoms. The summed E-state index contributed by atoms with van der Waals surface area (Å²) in [6.45, 7) is 5.87. The van der Waals surface area contributed by atoms with E-state index in [1.165, 1.54) is 22.3 Å². The average molecular weight is 269 g/mol. The number of methoxy groups -OCH3 is 1. The van der Waals surface area contributed by atoms with Crippen LogP contribution in [0.5, 0.6) is 0 Å². The Morgan fingerprint density at radius 3 is 2.55 bits per heavy atom. The molecule has 0 radical (unpaired) electrons. The smallest absolute Gasteiger partial charge is 0.0713 e. The predicted molar refractivity (Wildman–Crippen MR) is 83.6 cm³/mol. The van der Waals surface area contributed by atoms with Gasteiger partial charge in [-0.1, -0.05) is 54.1 Å². The lowest BCUT2D eigenvalue weighted by molar-refractivity contribution is 0.185. The number of nitrogens with one attached hydrogen (secondary N) is 1. The molecule has 2 aromatic rings. The van der Waals surface area contributed by atoms with Crippen molar-refractivity contribution in [1.82, 2.24) is 5.32 Å². The quantitative estimate of drug-likeness (QED) is 0.856. The Labute approximate surface area is 121 Å². The normalized spacial score (nSPS) is 12.3. The summed E-state index contributed by atoms with van der Waals surface area (Å²) in [5, 5.41) is 3.57. The molecule has 20 heavy (non-hydrogen) atoms.